The summed E-state index contributed by atoms with van der Waals surface area (Å²) < 4.78 is 26.1. The van der Waals surface area contributed by atoms with Crippen LogP contribution in [-0.4, -0.2) is 54.7 Å². The van der Waals surface area contributed by atoms with E-state index in [1.54, 1.807) is 18.0 Å². The number of rotatable bonds is 5. The van der Waals surface area contributed by atoms with Crippen LogP contribution in [0, 0.1) is 0 Å². The molecule has 7 nitrogen and oxygen atoms in total. The molecule has 1 rings (SSSR count). The standard InChI is InChI=1S/C9H18N4O3S/c1-5-12(4)9-6-8(7-14)10-13(9)17(15,16)11(2)3/h6,14H,5,7H2,1-4H3. The highest BCUT2D eigenvalue weighted by Gasteiger charge is 2.23. The first-order chi connectivity index (χ1) is 7.84. The molecule has 1 heterocycles. The van der Waals surface area contributed by atoms with E-state index in [0.717, 1.165) is 8.39 Å². The van der Waals surface area contributed by atoms with Crippen LogP contribution in [0.1, 0.15) is 12.6 Å². The van der Waals surface area contributed by atoms with E-state index in [9.17, 15) is 8.42 Å². The number of nitrogens with zero attached hydrogens (tertiary/aromatic N) is 4. The molecule has 1 aromatic rings. The molecule has 17 heavy (non-hydrogen) atoms. The minimum Gasteiger partial charge on any atom is -0.390 e. The summed E-state index contributed by atoms with van der Waals surface area (Å²) in [7, 11) is 0.970. The monoisotopic (exact) mass is 262 g/mol. The van der Waals surface area contributed by atoms with Crippen LogP contribution in [0.5, 0.6) is 0 Å². The van der Waals surface area contributed by atoms with Gasteiger partial charge in [-0.05, 0) is 6.92 Å². The number of hydrogen-bond acceptors (Lipinski definition) is 5. The van der Waals surface area contributed by atoms with Gasteiger partial charge in [0.25, 0.3) is 0 Å². The van der Waals surface area contributed by atoms with Crippen LogP contribution in [-0.2, 0) is 16.8 Å². The predicted octanol–water partition coefficient (Wildman–Crippen LogP) is -0.514. The maximum atomic E-state index is 12.0. The molecule has 0 unspecified atom stereocenters. The molecule has 8 heteroatoms. The van der Waals surface area contributed by atoms with Crippen molar-refractivity contribution in [3.63, 3.8) is 0 Å². The normalized spacial score (nSPS) is 12.1. The van der Waals surface area contributed by atoms with Gasteiger partial charge in [-0.2, -0.15) is 17.8 Å². The van der Waals surface area contributed by atoms with Crippen LogP contribution in [0.25, 0.3) is 0 Å². The molecule has 0 bridgehead atoms. The van der Waals surface area contributed by atoms with Crippen LogP contribution in [0.15, 0.2) is 6.07 Å². The minimum atomic E-state index is -3.67. The van der Waals surface area contributed by atoms with Gasteiger partial charge in [0.05, 0.1) is 12.3 Å². The van der Waals surface area contributed by atoms with Gasteiger partial charge in [-0.1, -0.05) is 0 Å². The Kier molecular flexibility index (Phi) is 4.12. The lowest BCUT2D eigenvalue weighted by Crippen LogP contribution is -2.32. The molecule has 0 radical (unpaired) electrons. The molecule has 1 N–H and O–H groups in total. The first kappa shape index (κ1) is 13.9. The van der Waals surface area contributed by atoms with Crippen LogP contribution >= 0.6 is 0 Å². The summed E-state index contributed by atoms with van der Waals surface area (Å²) >= 11 is 0. The molecule has 1 aromatic heterocycles. The van der Waals surface area contributed by atoms with Crippen molar-refractivity contribution in [3.05, 3.63) is 11.8 Å². The second-order valence-electron chi connectivity index (χ2n) is 3.80. The van der Waals surface area contributed by atoms with Crippen molar-refractivity contribution in [2.75, 3.05) is 32.6 Å². The quantitative estimate of drug-likeness (QED) is 0.773. The van der Waals surface area contributed by atoms with Crippen LogP contribution in [0.2, 0.25) is 0 Å². The third-order valence-electron chi connectivity index (χ3n) is 2.42. The molecule has 98 valence electrons. The van der Waals surface area contributed by atoms with E-state index in [4.69, 9.17) is 5.11 Å². The van der Waals surface area contributed by atoms with E-state index >= 15 is 0 Å². The van der Waals surface area contributed by atoms with Gasteiger partial charge in [-0.3, -0.25) is 0 Å². The lowest BCUT2D eigenvalue weighted by molar-refractivity contribution is 0.276. The average Bonchev–Trinajstić information content (AvgIpc) is 2.72. The van der Waals surface area contributed by atoms with Crippen LogP contribution < -0.4 is 4.90 Å². The molecule has 0 aromatic carbocycles. The van der Waals surface area contributed by atoms with E-state index in [2.05, 4.69) is 5.10 Å². The van der Waals surface area contributed by atoms with Crippen molar-refractivity contribution < 1.29 is 13.5 Å². The van der Waals surface area contributed by atoms with Gasteiger partial charge in [-0.15, -0.1) is 4.09 Å². The van der Waals surface area contributed by atoms with E-state index in [1.165, 1.54) is 14.1 Å². The zero-order valence-corrected chi connectivity index (χ0v) is 11.3. The number of hydrogen-bond donors (Lipinski definition) is 1. The summed E-state index contributed by atoms with van der Waals surface area (Å²) in [6.45, 7) is 2.25. The number of aliphatic hydroxyl groups excluding tert-OH is 1. The number of aliphatic hydroxyl groups is 1. The molecular formula is C9H18N4O3S. The Bertz CT molecular complexity index is 480. The summed E-state index contributed by atoms with van der Waals surface area (Å²) in [6.07, 6.45) is 0. The van der Waals surface area contributed by atoms with Gasteiger partial charge in [0.1, 0.15) is 5.82 Å². The maximum absolute atomic E-state index is 12.0. The topological polar surface area (TPSA) is 78.7 Å². The Morgan fingerprint density at radius 2 is 2.00 bits per heavy atom. The fraction of sp³-hybridized carbons (Fsp3) is 0.667. The number of anilines is 1. The molecule has 0 saturated heterocycles. The van der Waals surface area contributed by atoms with Crippen molar-refractivity contribution in [2.45, 2.75) is 13.5 Å². The van der Waals surface area contributed by atoms with E-state index < -0.39 is 10.2 Å². The Balaban J connectivity index is 3.37. The van der Waals surface area contributed by atoms with Gasteiger partial charge < -0.3 is 10.0 Å². The summed E-state index contributed by atoms with van der Waals surface area (Å²) in [5.74, 6) is 0.435. The van der Waals surface area contributed by atoms with Crippen molar-refractivity contribution in [3.8, 4) is 0 Å². The van der Waals surface area contributed by atoms with Crippen molar-refractivity contribution in [1.29, 1.82) is 0 Å². The molecule has 0 aliphatic rings. The SMILES string of the molecule is CCN(C)c1cc(CO)nn1S(=O)(=O)N(C)C. The summed E-state index contributed by atoms with van der Waals surface area (Å²) in [5, 5.41) is 12.9. The van der Waals surface area contributed by atoms with E-state index in [1.807, 2.05) is 6.92 Å². The van der Waals surface area contributed by atoms with Crippen LogP contribution in [0.4, 0.5) is 5.82 Å². The minimum absolute atomic E-state index is 0.291. The second kappa shape index (κ2) is 5.03. The molecule has 0 spiro atoms. The molecule has 0 amide bonds. The van der Waals surface area contributed by atoms with E-state index in [0.29, 0.717) is 18.1 Å². The fourth-order valence-electron chi connectivity index (χ4n) is 1.22. The Labute approximate surface area is 101 Å². The highest BCUT2D eigenvalue weighted by atomic mass is 32.2. The Hall–Kier alpha value is -1.12. The third-order valence-corrected chi connectivity index (χ3v) is 4.05. The molecule has 0 saturated carbocycles. The van der Waals surface area contributed by atoms with E-state index in [-0.39, 0.29) is 6.61 Å². The molecular weight excluding hydrogens is 244 g/mol. The van der Waals surface area contributed by atoms with Gasteiger partial charge in [0.2, 0.25) is 0 Å². The first-order valence-electron chi connectivity index (χ1n) is 5.18. The lowest BCUT2D eigenvalue weighted by atomic mass is 10.4. The Morgan fingerprint density at radius 3 is 2.41 bits per heavy atom. The summed E-state index contributed by atoms with van der Waals surface area (Å²) in [5.41, 5.74) is 0.325. The lowest BCUT2D eigenvalue weighted by Gasteiger charge is -2.19. The molecule has 0 atom stereocenters. The highest BCUT2D eigenvalue weighted by Crippen LogP contribution is 2.18. The smallest absolute Gasteiger partial charge is 0.324 e. The van der Waals surface area contributed by atoms with Crippen molar-refractivity contribution >= 4 is 16.0 Å². The van der Waals surface area contributed by atoms with Crippen LogP contribution in [0.3, 0.4) is 0 Å². The zero-order chi connectivity index (χ0) is 13.2. The molecule has 0 fully saturated rings. The maximum Gasteiger partial charge on any atom is 0.324 e. The number of aromatic nitrogens is 2. The van der Waals surface area contributed by atoms with Gasteiger partial charge in [0.15, 0.2) is 0 Å². The first-order valence-corrected chi connectivity index (χ1v) is 6.58. The van der Waals surface area contributed by atoms with Gasteiger partial charge in [-0.25, -0.2) is 0 Å². The summed E-state index contributed by atoms with van der Waals surface area (Å²) in [4.78, 5) is 1.74. The second-order valence-corrected chi connectivity index (χ2v) is 5.77. The zero-order valence-electron chi connectivity index (χ0n) is 10.5. The van der Waals surface area contributed by atoms with Gasteiger partial charge >= 0.3 is 10.2 Å². The van der Waals surface area contributed by atoms with Crippen molar-refractivity contribution in [2.24, 2.45) is 0 Å². The third kappa shape index (κ3) is 2.59. The van der Waals surface area contributed by atoms with Crippen molar-refractivity contribution in [1.82, 2.24) is 13.5 Å². The largest absolute Gasteiger partial charge is 0.390 e. The highest BCUT2D eigenvalue weighted by molar-refractivity contribution is 7.87. The Morgan fingerprint density at radius 1 is 1.41 bits per heavy atom. The summed E-state index contributed by atoms with van der Waals surface area (Å²) in [6, 6.07) is 1.56. The fourth-order valence-corrected chi connectivity index (χ4v) is 2.17. The average molecular weight is 262 g/mol. The predicted molar refractivity (Wildman–Crippen MR) is 65.1 cm³/mol. The molecule has 0 aliphatic carbocycles. The van der Waals surface area contributed by atoms with Gasteiger partial charge in [0, 0.05) is 33.8 Å². The molecule has 0 aliphatic heterocycles.